The quantitative estimate of drug-likeness (QED) is 0.844. The summed E-state index contributed by atoms with van der Waals surface area (Å²) in [6.07, 6.45) is 3.87. The summed E-state index contributed by atoms with van der Waals surface area (Å²) in [7, 11) is -3.33. The lowest BCUT2D eigenvalue weighted by atomic mass is 10.0. The molecule has 0 radical (unpaired) electrons. The van der Waals surface area contributed by atoms with Crippen LogP contribution in [0.2, 0.25) is 0 Å². The molecule has 1 N–H and O–H groups in total. The van der Waals surface area contributed by atoms with Crippen LogP contribution >= 0.6 is 12.4 Å². The first-order chi connectivity index (χ1) is 11.5. The SMILES string of the molecule is CC1CCCN(S(=O)(=O)NC2CCN(Cc3ccccc3)CC2)C1.Cl. The highest BCUT2D eigenvalue weighted by Crippen LogP contribution is 2.20. The van der Waals surface area contributed by atoms with Gasteiger partial charge in [-0.2, -0.15) is 17.4 Å². The van der Waals surface area contributed by atoms with Gasteiger partial charge in [-0.25, -0.2) is 0 Å². The predicted molar refractivity (Wildman–Crippen MR) is 104 cm³/mol. The number of benzene rings is 1. The van der Waals surface area contributed by atoms with Crippen molar-refractivity contribution in [2.24, 2.45) is 5.92 Å². The molecule has 1 aromatic rings. The number of nitrogens with zero attached hydrogens (tertiary/aromatic N) is 2. The maximum atomic E-state index is 12.6. The normalized spacial score (nSPS) is 24.0. The molecule has 2 aliphatic heterocycles. The van der Waals surface area contributed by atoms with Gasteiger partial charge in [0.2, 0.25) is 0 Å². The van der Waals surface area contributed by atoms with Crippen molar-refractivity contribution in [2.45, 2.75) is 45.2 Å². The lowest BCUT2D eigenvalue weighted by Gasteiger charge is -2.35. The summed E-state index contributed by atoms with van der Waals surface area (Å²) in [5.74, 6) is 0.461. The van der Waals surface area contributed by atoms with Crippen molar-refractivity contribution in [3.63, 3.8) is 0 Å². The van der Waals surface area contributed by atoms with Crippen molar-refractivity contribution in [2.75, 3.05) is 26.2 Å². The minimum Gasteiger partial charge on any atom is -0.299 e. The van der Waals surface area contributed by atoms with Gasteiger partial charge in [-0.05, 0) is 37.2 Å². The van der Waals surface area contributed by atoms with Gasteiger partial charge in [-0.3, -0.25) is 4.90 Å². The molecule has 2 aliphatic rings. The van der Waals surface area contributed by atoms with E-state index in [1.165, 1.54) is 5.56 Å². The first-order valence-corrected chi connectivity index (χ1v) is 10.5. The maximum Gasteiger partial charge on any atom is 0.279 e. The molecule has 5 nitrogen and oxygen atoms in total. The highest BCUT2D eigenvalue weighted by atomic mass is 35.5. The van der Waals surface area contributed by atoms with Crippen LogP contribution in [0.25, 0.3) is 0 Å². The fourth-order valence-electron chi connectivity index (χ4n) is 3.70. The molecule has 0 saturated carbocycles. The van der Waals surface area contributed by atoms with Gasteiger partial charge in [0, 0.05) is 38.8 Å². The molecule has 1 unspecified atom stereocenters. The van der Waals surface area contributed by atoms with Crippen LogP contribution in [0, 0.1) is 5.92 Å². The van der Waals surface area contributed by atoms with Crippen LogP contribution in [0.4, 0.5) is 0 Å². The van der Waals surface area contributed by atoms with Crippen molar-refractivity contribution < 1.29 is 8.42 Å². The number of likely N-dealkylation sites (tertiary alicyclic amines) is 1. The van der Waals surface area contributed by atoms with Crippen molar-refractivity contribution >= 4 is 22.6 Å². The molecule has 142 valence electrons. The zero-order chi connectivity index (χ0) is 17.0. The number of halogens is 1. The van der Waals surface area contributed by atoms with E-state index in [9.17, 15) is 8.42 Å². The highest BCUT2D eigenvalue weighted by molar-refractivity contribution is 7.87. The van der Waals surface area contributed by atoms with Crippen LogP contribution in [0.3, 0.4) is 0 Å². The van der Waals surface area contributed by atoms with Gasteiger partial charge < -0.3 is 0 Å². The van der Waals surface area contributed by atoms with E-state index in [0.29, 0.717) is 19.0 Å². The fourth-order valence-corrected chi connectivity index (χ4v) is 5.33. The molecule has 2 heterocycles. The molecule has 1 atom stereocenters. The third kappa shape index (κ3) is 5.93. The summed E-state index contributed by atoms with van der Waals surface area (Å²) in [5, 5.41) is 0. The Balaban J connectivity index is 0.00000225. The average molecular weight is 388 g/mol. The first-order valence-electron chi connectivity index (χ1n) is 9.06. The monoisotopic (exact) mass is 387 g/mol. The number of piperidine rings is 2. The van der Waals surface area contributed by atoms with E-state index in [1.54, 1.807) is 4.31 Å². The molecule has 2 fully saturated rings. The summed E-state index contributed by atoms with van der Waals surface area (Å²) >= 11 is 0. The average Bonchev–Trinajstić information content (AvgIpc) is 2.57. The number of hydrogen-bond acceptors (Lipinski definition) is 3. The summed E-state index contributed by atoms with van der Waals surface area (Å²) < 4.78 is 29.7. The van der Waals surface area contributed by atoms with Gasteiger partial charge in [-0.15, -0.1) is 12.4 Å². The van der Waals surface area contributed by atoms with Crippen molar-refractivity contribution in [3.05, 3.63) is 35.9 Å². The standard InChI is InChI=1S/C18H29N3O2S.ClH/c1-16-6-5-11-21(14-16)24(22,23)19-18-9-12-20(13-10-18)15-17-7-3-2-4-8-17;/h2-4,7-8,16,18-19H,5-6,9-15H2,1H3;1H. The number of hydrogen-bond donors (Lipinski definition) is 1. The first kappa shape index (κ1) is 20.6. The molecule has 0 bridgehead atoms. The Morgan fingerprint density at radius 1 is 1.08 bits per heavy atom. The van der Waals surface area contributed by atoms with Crippen molar-refractivity contribution in [1.82, 2.24) is 13.9 Å². The highest BCUT2D eigenvalue weighted by Gasteiger charge is 2.30. The zero-order valence-electron chi connectivity index (χ0n) is 14.9. The predicted octanol–water partition coefficient (Wildman–Crippen LogP) is 2.64. The molecule has 0 aliphatic carbocycles. The third-order valence-corrected chi connectivity index (χ3v) is 6.75. The number of nitrogens with one attached hydrogen (secondary N) is 1. The molecule has 0 aromatic heterocycles. The van der Waals surface area contributed by atoms with Crippen molar-refractivity contribution in [3.8, 4) is 0 Å². The maximum absolute atomic E-state index is 12.6. The molecule has 25 heavy (non-hydrogen) atoms. The Bertz CT molecular complexity index is 618. The molecule has 2 saturated heterocycles. The summed E-state index contributed by atoms with van der Waals surface area (Å²) in [6, 6.07) is 10.5. The van der Waals surface area contributed by atoms with E-state index in [2.05, 4.69) is 40.8 Å². The Labute approximate surface area is 158 Å². The van der Waals surface area contributed by atoms with Crippen LogP contribution in [-0.4, -0.2) is 49.8 Å². The molecule has 7 heteroatoms. The van der Waals surface area contributed by atoms with Crippen LogP contribution in [-0.2, 0) is 16.8 Å². The Kier molecular flexibility index (Phi) is 7.70. The molecule has 0 amide bonds. The third-order valence-electron chi connectivity index (χ3n) is 5.11. The van der Waals surface area contributed by atoms with E-state index in [4.69, 9.17) is 0 Å². The van der Waals surface area contributed by atoms with Gasteiger partial charge in [-0.1, -0.05) is 37.3 Å². The number of rotatable bonds is 5. The summed E-state index contributed by atoms with van der Waals surface area (Å²) in [5.41, 5.74) is 1.32. The van der Waals surface area contributed by atoms with E-state index in [1.807, 2.05) is 6.07 Å². The lowest BCUT2D eigenvalue weighted by molar-refractivity contribution is 0.197. The molecule has 1 aromatic carbocycles. The fraction of sp³-hybridized carbons (Fsp3) is 0.667. The topological polar surface area (TPSA) is 52.7 Å². The van der Waals surface area contributed by atoms with Crippen LogP contribution in [0.1, 0.15) is 38.2 Å². The molecular weight excluding hydrogens is 358 g/mol. The van der Waals surface area contributed by atoms with Gasteiger partial charge >= 0.3 is 0 Å². The lowest BCUT2D eigenvalue weighted by Crippen LogP contribution is -2.51. The van der Waals surface area contributed by atoms with E-state index in [-0.39, 0.29) is 18.4 Å². The molecular formula is C18H30ClN3O2S. The Hall–Kier alpha value is -0.660. The molecule has 3 rings (SSSR count). The Morgan fingerprint density at radius 3 is 2.40 bits per heavy atom. The summed E-state index contributed by atoms with van der Waals surface area (Å²) in [4.78, 5) is 2.41. The van der Waals surface area contributed by atoms with E-state index < -0.39 is 10.2 Å². The Morgan fingerprint density at radius 2 is 1.76 bits per heavy atom. The second-order valence-corrected chi connectivity index (χ2v) is 8.97. The van der Waals surface area contributed by atoms with E-state index >= 15 is 0 Å². The minimum atomic E-state index is -3.33. The molecule has 0 spiro atoms. The van der Waals surface area contributed by atoms with Crippen LogP contribution < -0.4 is 4.72 Å². The van der Waals surface area contributed by atoms with Gasteiger partial charge in [0.05, 0.1) is 0 Å². The second-order valence-electron chi connectivity index (χ2n) is 7.26. The van der Waals surface area contributed by atoms with E-state index in [0.717, 1.165) is 45.3 Å². The van der Waals surface area contributed by atoms with Gasteiger partial charge in [0.25, 0.3) is 10.2 Å². The van der Waals surface area contributed by atoms with Crippen LogP contribution in [0.15, 0.2) is 30.3 Å². The van der Waals surface area contributed by atoms with Crippen LogP contribution in [0.5, 0.6) is 0 Å². The van der Waals surface area contributed by atoms with Crippen molar-refractivity contribution in [1.29, 1.82) is 0 Å². The summed E-state index contributed by atoms with van der Waals surface area (Å²) in [6.45, 7) is 6.28. The largest absolute Gasteiger partial charge is 0.299 e. The zero-order valence-corrected chi connectivity index (χ0v) is 16.6. The van der Waals surface area contributed by atoms with Gasteiger partial charge in [0.1, 0.15) is 0 Å². The smallest absolute Gasteiger partial charge is 0.279 e. The second kappa shape index (κ2) is 9.33. The minimum absolute atomic E-state index is 0. The van der Waals surface area contributed by atoms with Gasteiger partial charge in [0.15, 0.2) is 0 Å².